The Hall–Kier alpha value is -2.79. The van der Waals surface area contributed by atoms with Crippen LogP contribution in [-0.2, 0) is 6.54 Å². The van der Waals surface area contributed by atoms with E-state index in [1.54, 1.807) is 31.4 Å². The predicted molar refractivity (Wildman–Crippen MR) is 98.5 cm³/mol. The molecular weight excluding hydrogens is 338 g/mol. The molecule has 0 fully saturated rings. The second-order valence-electron chi connectivity index (χ2n) is 5.60. The van der Waals surface area contributed by atoms with Gasteiger partial charge in [-0.2, -0.15) is 5.10 Å². The maximum absolute atomic E-state index is 12.3. The molecule has 0 unspecified atom stereocenters. The first-order valence-electron chi connectivity index (χ1n) is 7.80. The van der Waals surface area contributed by atoms with Crippen molar-refractivity contribution in [3.8, 4) is 5.75 Å². The zero-order valence-electron chi connectivity index (χ0n) is 14.0. The lowest BCUT2D eigenvalue weighted by Gasteiger charge is -2.06. The number of carbonyl (C=O) groups excluding carboxylic acids is 1. The number of benzene rings is 2. The van der Waals surface area contributed by atoms with Gasteiger partial charge in [-0.15, -0.1) is 0 Å². The Balaban J connectivity index is 1.73. The van der Waals surface area contributed by atoms with Crippen molar-refractivity contribution < 1.29 is 9.53 Å². The van der Waals surface area contributed by atoms with Crippen molar-refractivity contribution in [3.05, 3.63) is 76.4 Å². The standard InChI is InChI=1S/C19H18ClN3O2/c1-13-11-18(21-19(24)14-7-9-16(25-2)10-8-14)22-23(13)12-15-5-3-4-6-17(15)20/h3-11H,12H2,1-2H3,(H,21,22,24). The molecule has 0 atom stereocenters. The molecule has 6 heteroatoms. The number of halogens is 1. The molecule has 1 N–H and O–H groups in total. The van der Waals surface area contributed by atoms with E-state index in [4.69, 9.17) is 16.3 Å². The molecule has 0 saturated carbocycles. The Kier molecular flexibility index (Phi) is 5.05. The van der Waals surface area contributed by atoms with Gasteiger partial charge in [-0.25, -0.2) is 0 Å². The van der Waals surface area contributed by atoms with Gasteiger partial charge in [-0.3, -0.25) is 9.48 Å². The van der Waals surface area contributed by atoms with Gasteiger partial charge in [-0.05, 0) is 42.8 Å². The average Bonchev–Trinajstić information content (AvgIpc) is 2.96. The first kappa shape index (κ1) is 17.0. The van der Waals surface area contributed by atoms with E-state index in [9.17, 15) is 4.79 Å². The van der Waals surface area contributed by atoms with E-state index in [1.807, 2.05) is 41.9 Å². The summed E-state index contributed by atoms with van der Waals surface area (Å²) in [5.41, 5.74) is 2.45. The summed E-state index contributed by atoms with van der Waals surface area (Å²) in [4.78, 5) is 12.3. The number of aromatic nitrogens is 2. The van der Waals surface area contributed by atoms with Gasteiger partial charge < -0.3 is 10.1 Å². The quantitative estimate of drug-likeness (QED) is 0.747. The Bertz CT molecular complexity index is 888. The summed E-state index contributed by atoms with van der Waals surface area (Å²) in [5.74, 6) is 0.992. The minimum Gasteiger partial charge on any atom is -0.497 e. The molecule has 1 amide bonds. The normalized spacial score (nSPS) is 10.5. The number of nitrogens with zero attached hydrogens (tertiary/aromatic N) is 2. The van der Waals surface area contributed by atoms with Crippen LogP contribution in [0.15, 0.2) is 54.6 Å². The summed E-state index contributed by atoms with van der Waals surface area (Å²) in [6, 6.07) is 16.4. The summed E-state index contributed by atoms with van der Waals surface area (Å²) >= 11 is 6.20. The van der Waals surface area contributed by atoms with Crippen LogP contribution < -0.4 is 10.1 Å². The van der Waals surface area contributed by atoms with Crippen LogP contribution in [0, 0.1) is 6.92 Å². The monoisotopic (exact) mass is 355 g/mol. The summed E-state index contributed by atoms with van der Waals surface area (Å²) in [5, 5.41) is 7.95. The third-order valence-corrected chi connectivity index (χ3v) is 4.22. The fraction of sp³-hybridized carbons (Fsp3) is 0.158. The van der Waals surface area contributed by atoms with E-state index in [-0.39, 0.29) is 5.91 Å². The zero-order chi connectivity index (χ0) is 17.8. The first-order valence-corrected chi connectivity index (χ1v) is 8.18. The van der Waals surface area contributed by atoms with E-state index in [1.165, 1.54) is 0 Å². The number of amides is 1. The number of hydrogen-bond acceptors (Lipinski definition) is 3. The van der Waals surface area contributed by atoms with Gasteiger partial charge in [0.15, 0.2) is 5.82 Å². The average molecular weight is 356 g/mol. The van der Waals surface area contributed by atoms with Crippen LogP contribution >= 0.6 is 11.6 Å². The van der Waals surface area contributed by atoms with Crippen LogP contribution in [0.4, 0.5) is 5.82 Å². The highest BCUT2D eigenvalue weighted by Crippen LogP contribution is 2.19. The second-order valence-corrected chi connectivity index (χ2v) is 6.01. The summed E-state index contributed by atoms with van der Waals surface area (Å²) < 4.78 is 6.90. The van der Waals surface area contributed by atoms with Crippen molar-refractivity contribution in [1.82, 2.24) is 9.78 Å². The third kappa shape index (κ3) is 4.00. The Labute approximate surface area is 151 Å². The second kappa shape index (κ2) is 7.40. The number of ether oxygens (including phenoxy) is 1. The molecule has 1 aromatic heterocycles. The zero-order valence-corrected chi connectivity index (χ0v) is 14.7. The van der Waals surface area contributed by atoms with Crippen LogP contribution in [0.2, 0.25) is 5.02 Å². The van der Waals surface area contributed by atoms with Crippen LogP contribution in [0.5, 0.6) is 5.75 Å². The molecule has 2 aromatic carbocycles. The van der Waals surface area contributed by atoms with Crippen LogP contribution in [0.25, 0.3) is 0 Å². The molecule has 0 bridgehead atoms. The van der Waals surface area contributed by atoms with Gasteiger partial charge in [0.2, 0.25) is 0 Å². The number of hydrogen-bond donors (Lipinski definition) is 1. The van der Waals surface area contributed by atoms with E-state index < -0.39 is 0 Å². The number of nitrogens with one attached hydrogen (secondary N) is 1. The largest absolute Gasteiger partial charge is 0.497 e. The number of carbonyl (C=O) groups is 1. The van der Waals surface area contributed by atoms with E-state index in [0.29, 0.717) is 28.7 Å². The van der Waals surface area contributed by atoms with Crippen LogP contribution in [0.3, 0.4) is 0 Å². The molecule has 0 saturated heterocycles. The van der Waals surface area contributed by atoms with Crippen molar-refractivity contribution in [2.24, 2.45) is 0 Å². The first-order chi connectivity index (χ1) is 12.1. The lowest BCUT2D eigenvalue weighted by molar-refractivity contribution is 0.102. The number of aryl methyl sites for hydroxylation is 1. The number of rotatable bonds is 5. The smallest absolute Gasteiger partial charge is 0.256 e. The highest BCUT2D eigenvalue weighted by atomic mass is 35.5. The molecule has 128 valence electrons. The van der Waals surface area contributed by atoms with Crippen molar-refractivity contribution in [2.45, 2.75) is 13.5 Å². The predicted octanol–water partition coefficient (Wildman–Crippen LogP) is 4.15. The highest BCUT2D eigenvalue weighted by Gasteiger charge is 2.11. The number of anilines is 1. The molecule has 0 aliphatic heterocycles. The molecule has 5 nitrogen and oxygen atoms in total. The summed E-state index contributed by atoms with van der Waals surface area (Å²) in [6.45, 7) is 2.48. The minimum absolute atomic E-state index is 0.218. The fourth-order valence-corrected chi connectivity index (χ4v) is 2.65. The molecule has 1 heterocycles. The Morgan fingerprint density at radius 2 is 1.92 bits per heavy atom. The van der Waals surface area contributed by atoms with Crippen LogP contribution in [-0.4, -0.2) is 22.8 Å². The molecule has 25 heavy (non-hydrogen) atoms. The fourth-order valence-electron chi connectivity index (χ4n) is 2.45. The van der Waals surface area contributed by atoms with E-state index >= 15 is 0 Å². The third-order valence-electron chi connectivity index (χ3n) is 3.85. The maximum atomic E-state index is 12.3. The molecule has 0 spiro atoms. The van der Waals surface area contributed by atoms with Crippen molar-refractivity contribution >= 4 is 23.3 Å². The maximum Gasteiger partial charge on any atom is 0.256 e. The summed E-state index contributed by atoms with van der Waals surface area (Å²) in [6.07, 6.45) is 0. The summed E-state index contributed by atoms with van der Waals surface area (Å²) in [7, 11) is 1.59. The Morgan fingerprint density at radius 1 is 1.20 bits per heavy atom. The van der Waals surface area contributed by atoms with Gasteiger partial charge in [-0.1, -0.05) is 29.8 Å². The van der Waals surface area contributed by atoms with Gasteiger partial charge in [0.25, 0.3) is 5.91 Å². The highest BCUT2D eigenvalue weighted by molar-refractivity contribution is 6.31. The van der Waals surface area contributed by atoms with Crippen molar-refractivity contribution in [1.29, 1.82) is 0 Å². The van der Waals surface area contributed by atoms with Gasteiger partial charge in [0.1, 0.15) is 5.75 Å². The van der Waals surface area contributed by atoms with E-state index in [0.717, 1.165) is 11.3 Å². The lowest BCUT2D eigenvalue weighted by atomic mass is 10.2. The topological polar surface area (TPSA) is 56.1 Å². The minimum atomic E-state index is -0.218. The van der Waals surface area contributed by atoms with Crippen molar-refractivity contribution in [2.75, 3.05) is 12.4 Å². The van der Waals surface area contributed by atoms with Gasteiger partial charge in [0, 0.05) is 22.3 Å². The van der Waals surface area contributed by atoms with E-state index in [2.05, 4.69) is 10.4 Å². The molecule has 0 aliphatic rings. The molecule has 0 aliphatic carbocycles. The van der Waals surface area contributed by atoms with Crippen LogP contribution in [0.1, 0.15) is 21.6 Å². The Morgan fingerprint density at radius 3 is 2.60 bits per heavy atom. The SMILES string of the molecule is COc1ccc(C(=O)Nc2cc(C)n(Cc3ccccc3Cl)n2)cc1. The molecule has 3 rings (SSSR count). The molecule has 3 aromatic rings. The lowest BCUT2D eigenvalue weighted by Crippen LogP contribution is -2.13. The molecular formula is C19H18ClN3O2. The van der Waals surface area contributed by atoms with Gasteiger partial charge >= 0.3 is 0 Å². The number of methoxy groups -OCH3 is 1. The van der Waals surface area contributed by atoms with Crippen molar-refractivity contribution in [3.63, 3.8) is 0 Å². The van der Waals surface area contributed by atoms with Gasteiger partial charge in [0.05, 0.1) is 13.7 Å². The molecule has 0 radical (unpaired) electrons.